The molecule has 2 heteroatoms. The molecule has 0 aromatic heterocycles. The van der Waals surface area contributed by atoms with Gasteiger partial charge in [-0.1, -0.05) is 49.4 Å². The fraction of sp³-hybridized carbons (Fsp3) is 0.333. The second-order valence-corrected chi connectivity index (χ2v) is 5.49. The van der Waals surface area contributed by atoms with Gasteiger partial charge >= 0.3 is 0 Å². The minimum atomic E-state index is -0.0913. The van der Waals surface area contributed by atoms with Gasteiger partial charge in [-0.25, -0.2) is 4.39 Å². The summed E-state index contributed by atoms with van der Waals surface area (Å²) < 4.78 is 13.6. The van der Waals surface area contributed by atoms with E-state index in [1.165, 1.54) is 5.56 Å². The normalized spacial score (nSPS) is 12.4. The van der Waals surface area contributed by atoms with Gasteiger partial charge in [0.05, 0.1) is 0 Å². The van der Waals surface area contributed by atoms with Gasteiger partial charge in [0, 0.05) is 13.1 Å². The van der Waals surface area contributed by atoms with Gasteiger partial charge in [0.1, 0.15) is 5.82 Å². The lowest BCUT2D eigenvalue weighted by atomic mass is 10.0. The summed E-state index contributed by atoms with van der Waals surface area (Å²) in [6.45, 7) is 7.54. The Morgan fingerprint density at radius 2 is 1.65 bits per heavy atom. The number of hydrogen-bond acceptors (Lipinski definition) is 1. The molecule has 1 nitrogen and oxygen atoms in total. The molecular weight excluding hydrogens is 249 g/mol. The molecule has 1 N–H and O–H groups in total. The maximum atomic E-state index is 13.6. The lowest BCUT2D eigenvalue weighted by molar-refractivity contribution is 0.599. The molecule has 0 bridgehead atoms. The fourth-order valence-electron chi connectivity index (χ4n) is 2.47. The first-order chi connectivity index (χ1) is 9.58. The molecule has 2 aromatic carbocycles. The predicted octanol–water partition coefficient (Wildman–Crippen LogP) is 4.34. The van der Waals surface area contributed by atoms with Crippen LogP contribution in [0, 0.1) is 19.7 Å². The van der Waals surface area contributed by atoms with Crippen molar-refractivity contribution >= 4 is 0 Å². The maximum Gasteiger partial charge on any atom is 0.129 e. The molecule has 2 rings (SSSR count). The van der Waals surface area contributed by atoms with Crippen LogP contribution in [0.15, 0.2) is 42.5 Å². The number of benzene rings is 2. The van der Waals surface area contributed by atoms with Crippen LogP contribution < -0.4 is 5.32 Å². The van der Waals surface area contributed by atoms with E-state index < -0.39 is 0 Å². The Balaban J connectivity index is 1.90. The number of rotatable bonds is 5. The van der Waals surface area contributed by atoms with E-state index in [4.69, 9.17) is 0 Å². The zero-order valence-corrected chi connectivity index (χ0v) is 12.4. The van der Waals surface area contributed by atoms with Crippen LogP contribution in [0.5, 0.6) is 0 Å². The Morgan fingerprint density at radius 1 is 1.05 bits per heavy atom. The van der Waals surface area contributed by atoms with Crippen LogP contribution in [0.2, 0.25) is 0 Å². The van der Waals surface area contributed by atoms with Gasteiger partial charge in [-0.05, 0) is 42.0 Å². The van der Waals surface area contributed by atoms with E-state index in [1.54, 1.807) is 0 Å². The van der Waals surface area contributed by atoms with Crippen molar-refractivity contribution in [3.8, 4) is 0 Å². The number of halogens is 1. The monoisotopic (exact) mass is 271 g/mol. The fourth-order valence-corrected chi connectivity index (χ4v) is 2.47. The van der Waals surface area contributed by atoms with Crippen LogP contribution in [0.25, 0.3) is 0 Å². The Morgan fingerprint density at radius 3 is 2.25 bits per heavy atom. The van der Waals surface area contributed by atoms with E-state index in [2.05, 4.69) is 36.5 Å². The summed E-state index contributed by atoms with van der Waals surface area (Å²) in [5.41, 5.74) is 3.92. The zero-order valence-electron chi connectivity index (χ0n) is 12.4. The first-order valence-corrected chi connectivity index (χ1v) is 7.09. The van der Waals surface area contributed by atoms with E-state index in [1.807, 2.05) is 32.0 Å². The molecule has 0 aliphatic carbocycles. The highest BCUT2D eigenvalue weighted by Crippen LogP contribution is 2.16. The molecule has 1 atom stereocenters. The van der Waals surface area contributed by atoms with E-state index in [-0.39, 0.29) is 5.82 Å². The van der Waals surface area contributed by atoms with Crippen LogP contribution >= 0.6 is 0 Å². The average molecular weight is 271 g/mol. The minimum absolute atomic E-state index is 0.0913. The Labute approximate surface area is 120 Å². The van der Waals surface area contributed by atoms with Crippen LogP contribution in [0.4, 0.5) is 4.39 Å². The van der Waals surface area contributed by atoms with Crippen molar-refractivity contribution in [3.63, 3.8) is 0 Å². The molecule has 0 radical (unpaired) electrons. The molecule has 1 unspecified atom stereocenters. The second kappa shape index (κ2) is 6.67. The molecule has 0 saturated heterocycles. The molecule has 2 aromatic rings. The Hall–Kier alpha value is -1.67. The third-order valence-electron chi connectivity index (χ3n) is 3.64. The average Bonchev–Trinajstić information content (AvgIpc) is 2.45. The summed E-state index contributed by atoms with van der Waals surface area (Å²) in [5, 5.41) is 3.45. The number of aryl methyl sites for hydroxylation is 2. The van der Waals surface area contributed by atoms with Gasteiger partial charge < -0.3 is 5.32 Å². The smallest absolute Gasteiger partial charge is 0.129 e. The topological polar surface area (TPSA) is 12.0 Å². The van der Waals surface area contributed by atoms with Gasteiger partial charge in [-0.2, -0.15) is 0 Å². The van der Waals surface area contributed by atoms with Crippen molar-refractivity contribution in [2.24, 2.45) is 0 Å². The lowest BCUT2D eigenvalue weighted by Gasteiger charge is -2.14. The largest absolute Gasteiger partial charge is 0.312 e. The van der Waals surface area contributed by atoms with E-state index in [9.17, 15) is 4.39 Å². The molecule has 0 saturated carbocycles. The van der Waals surface area contributed by atoms with Crippen molar-refractivity contribution in [2.75, 3.05) is 6.54 Å². The first-order valence-electron chi connectivity index (χ1n) is 7.09. The molecule has 0 aliphatic rings. The van der Waals surface area contributed by atoms with Crippen molar-refractivity contribution in [2.45, 2.75) is 33.2 Å². The van der Waals surface area contributed by atoms with Gasteiger partial charge in [0.15, 0.2) is 0 Å². The highest BCUT2D eigenvalue weighted by molar-refractivity contribution is 5.30. The Bertz CT molecular complexity index is 540. The maximum absolute atomic E-state index is 13.6. The highest BCUT2D eigenvalue weighted by Gasteiger charge is 2.06. The Kier molecular flexibility index (Phi) is 4.91. The van der Waals surface area contributed by atoms with Crippen molar-refractivity contribution < 1.29 is 4.39 Å². The molecule has 0 fully saturated rings. The summed E-state index contributed by atoms with van der Waals surface area (Å²) in [6, 6.07) is 14.3. The van der Waals surface area contributed by atoms with Crippen molar-refractivity contribution in [1.29, 1.82) is 0 Å². The molecule has 0 heterocycles. The quantitative estimate of drug-likeness (QED) is 0.853. The summed E-state index contributed by atoms with van der Waals surface area (Å²) in [5.74, 6) is 0.380. The number of hydrogen-bond donors (Lipinski definition) is 1. The molecule has 106 valence electrons. The molecule has 0 amide bonds. The van der Waals surface area contributed by atoms with E-state index >= 15 is 0 Å². The van der Waals surface area contributed by atoms with Crippen LogP contribution in [-0.4, -0.2) is 6.54 Å². The first kappa shape index (κ1) is 14.7. The van der Waals surface area contributed by atoms with Gasteiger partial charge in [-0.15, -0.1) is 0 Å². The molecular formula is C18H22FN. The van der Waals surface area contributed by atoms with E-state index in [0.29, 0.717) is 5.92 Å². The van der Waals surface area contributed by atoms with Gasteiger partial charge in [0.2, 0.25) is 0 Å². The predicted molar refractivity (Wildman–Crippen MR) is 82.4 cm³/mol. The second-order valence-electron chi connectivity index (χ2n) is 5.49. The summed E-state index contributed by atoms with van der Waals surface area (Å²) in [7, 11) is 0. The van der Waals surface area contributed by atoms with Gasteiger partial charge in [0.25, 0.3) is 0 Å². The summed E-state index contributed by atoms with van der Waals surface area (Å²) >= 11 is 0. The van der Waals surface area contributed by atoms with Crippen LogP contribution in [-0.2, 0) is 6.54 Å². The third-order valence-corrected chi connectivity index (χ3v) is 3.64. The summed E-state index contributed by atoms with van der Waals surface area (Å²) in [6.07, 6.45) is 0. The highest BCUT2D eigenvalue weighted by atomic mass is 19.1. The van der Waals surface area contributed by atoms with E-state index in [0.717, 1.165) is 29.8 Å². The van der Waals surface area contributed by atoms with Crippen LogP contribution in [0.3, 0.4) is 0 Å². The summed E-state index contributed by atoms with van der Waals surface area (Å²) in [4.78, 5) is 0. The molecule has 0 aliphatic heterocycles. The van der Waals surface area contributed by atoms with Gasteiger partial charge in [-0.3, -0.25) is 0 Å². The number of nitrogens with one attached hydrogen (secondary N) is 1. The molecule has 0 spiro atoms. The third kappa shape index (κ3) is 3.67. The van der Waals surface area contributed by atoms with Crippen LogP contribution in [0.1, 0.15) is 35.1 Å². The lowest BCUT2D eigenvalue weighted by Crippen LogP contribution is -2.19. The van der Waals surface area contributed by atoms with Crippen molar-refractivity contribution in [1.82, 2.24) is 5.32 Å². The zero-order chi connectivity index (χ0) is 14.5. The minimum Gasteiger partial charge on any atom is -0.312 e. The molecule has 20 heavy (non-hydrogen) atoms. The standard InChI is InChI=1S/C18H22FN/c1-13-9-16(10-14(2)18(13)19)12-20-11-15(3)17-7-5-4-6-8-17/h4-10,15,20H,11-12H2,1-3H3. The van der Waals surface area contributed by atoms with Crippen molar-refractivity contribution in [3.05, 3.63) is 70.5 Å². The SMILES string of the molecule is Cc1cc(CNCC(C)c2ccccc2)cc(C)c1F.